The third-order valence-corrected chi connectivity index (χ3v) is 4.87. The number of Topliss-reactive ketones (excluding diaryl/α,β-unsaturated/α-hetero) is 1. The molecule has 0 saturated carbocycles. The second-order valence-corrected chi connectivity index (χ2v) is 7.82. The van der Waals surface area contributed by atoms with Crippen LogP contribution in [0.5, 0.6) is 0 Å². The first-order chi connectivity index (χ1) is 5.26. The molecule has 0 spiro atoms. The molecule has 1 fully saturated rings. The van der Waals surface area contributed by atoms with Crippen LogP contribution in [-0.4, -0.2) is 16.1 Å². The molecule has 0 aliphatic carbocycles. The lowest BCUT2D eigenvalue weighted by Gasteiger charge is -2.27. The third-order valence-electron chi connectivity index (χ3n) is 2.36. The van der Waals surface area contributed by atoms with Crippen LogP contribution >= 0.6 is 7.80 Å². The highest BCUT2D eigenvalue weighted by Crippen LogP contribution is 2.56. The van der Waals surface area contributed by atoms with Gasteiger partial charge in [-0.15, -0.1) is 0 Å². The lowest BCUT2D eigenvalue weighted by Crippen LogP contribution is -2.36. The molecular weight excluding hydrogens is 171 g/mol. The molecule has 3 heteroatoms. The first-order valence-corrected chi connectivity index (χ1v) is 5.51. The smallest absolute Gasteiger partial charge is 0.299 e. The van der Waals surface area contributed by atoms with Crippen molar-refractivity contribution in [3.63, 3.8) is 0 Å². The molecule has 0 bridgehead atoms. The van der Waals surface area contributed by atoms with Crippen molar-refractivity contribution in [1.29, 1.82) is 0 Å². The summed E-state index contributed by atoms with van der Waals surface area (Å²) in [5, 5.41) is -0.595. The maximum Gasteiger partial charge on any atom is 0.350 e. The highest BCUT2D eigenvalue weighted by atomic mass is 31.1. The van der Waals surface area contributed by atoms with E-state index in [1.54, 1.807) is 0 Å². The Morgan fingerprint density at radius 1 is 1.08 bits per heavy atom. The van der Waals surface area contributed by atoms with Gasteiger partial charge in [-0.05, 0) is 27.7 Å². The Balaban J connectivity index is 2.99. The van der Waals surface area contributed by atoms with Crippen LogP contribution in [0.25, 0.3) is 0 Å². The van der Waals surface area contributed by atoms with Crippen LogP contribution in [0.15, 0.2) is 0 Å². The van der Waals surface area contributed by atoms with E-state index in [1.807, 2.05) is 27.7 Å². The molecule has 1 heterocycles. The van der Waals surface area contributed by atoms with E-state index in [-0.39, 0.29) is 16.1 Å². The van der Waals surface area contributed by atoms with Crippen molar-refractivity contribution in [3.8, 4) is 0 Å². The summed E-state index contributed by atoms with van der Waals surface area (Å²) in [6.07, 6.45) is 0.956. The summed E-state index contributed by atoms with van der Waals surface area (Å²) >= 11 is 0. The van der Waals surface area contributed by atoms with E-state index in [9.17, 15) is 9.36 Å². The second-order valence-electron chi connectivity index (χ2n) is 4.81. The monoisotopic (exact) mass is 187 g/mol. The maximum absolute atomic E-state index is 11.9. The average molecular weight is 187 g/mol. The Kier molecular flexibility index (Phi) is 2.16. The van der Waals surface area contributed by atoms with E-state index in [0.29, 0.717) is 12.8 Å². The molecule has 1 saturated heterocycles. The zero-order valence-electron chi connectivity index (χ0n) is 8.18. The minimum atomic E-state index is -1.28. The van der Waals surface area contributed by atoms with Crippen molar-refractivity contribution >= 4 is 13.6 Å². The van der Waals surface area contributed by atoms with Crippen molar-refractivity contribution in [2.45, 2.75) is 50.8 Å². The fourth-order valence-corrected chi connectivity index (χ4v) is 4.27. The van der Waals surface area contributed by atoms with Gasteiger partial charge < -0.3 is 0 Å². The quantitative estimate of drug-likeness (QED) is 0.546. The summed E-state index contributed by atoms with van der Waals surface area (Å²) in [5.74, 6) is 0.250. The molecule has 1 aliphatic rings. The summed E-state index contributed by atoms with van der Waals surface area (Å²) in [5.41, 5.74) is 0. The fourth-order valence-electron chi connectivity index (χ4n) is 1.99. The van der Waals surface area contributed by atoms with E-state index < -0.39 is 7.80 Å². The van der Waals surface area contributed by atoms with Gasteiger partial charge in [0.15, 0.2) is 10.3 Å². The SMILES string of the molecule is CC1(C)CC(=O)CC(C)(C)[P+]1=O. The van der Waals surface area contributed by atoms with Crippen LogP contribution < -0.4 is 0 Å². The average Bonchev–Trinajstić information content (AvgIpc) is 1.80. The molecule has 0 aromatic rings. The van der Waals surface area contributed by atoms with Gasteiger partial charge in [-0.2, -0.15) is 0 Å². The van der Waals surface area contributed by atoms with Crippen LogP contribution in [-0.2, 0) is 9.36 Å². The largest absolute Gasteiger partial charge is 0.350 e. The van der Waals surface area contributed by atoms with Gasteiger partial charge in [0.1, 0.15) is 5.78 Å². The lowest BCUT2D eigenvalue weighted by atomic mass is 9.97. The normalized spacial score (nSPS) is 27.3. The van der Waals surface area contributed by atoms with Crippen LogP contribution in [0.3, 0.4) is 0 Å². The number of carbonyl (C=O) groups is 1. The molecule has 0 unspecified atom stereocenters. The molecule has 0 amide bonds. The molecule has 12 heavy (non-hydrogen) atoms. The Hall–Kier alpha value is -0.230. The molecule has 0 aromatic carbocycles. The highest BCUT2D eigenvalue weighted by molar-refractivity contribution is 7.48. The van der Waals surface area contributed by atoms with Crippen molar-refractivity contribution in [2.24, 2.45) is 0 Å². The molecule has 1 aliphatic heterocycles. The van der Waals surface area contributed by atoms with Crippen molar-refractivity contribution in [2.75, 3.05) is 0 Å². The third kappa shape index (κ3) is 1.59. The zero-order chi connectivity index (χ0) is 9.57. The molecule has 1 rings (SSSR count). The van der Waals surface area contributed by atoms with Gasteiger partial charge in [0.2, 0.25) is 0 Å². The van der Waals surface area contributed by atoms with Gasteiger partial charge in [0, 0.05) is 0 Å². The second kappa shape index (κ2) is 2.63. The van der Waals surface area contributed by atoms with Crippen LogP contribution in [0.1, 0.15) is 40.5 Å². The minimum Gasteiger partial charge on any atom is -0.299 e. The van der Waals surface area contributed by atoms with Gasteiger partial charge in [-0.3, -0.25) is 4.79 Å². The number of ketones is 1. The Morgan fingerprint density at radius 3 is 1.75 bits per heavy atom. The van der Waals surface area contributed by atoms with Gasteiger partial charge in [-0.1, -0.05) is 4.57 Å². The lowest BCUT2D eigenvalue weighted by molar-refractivity contribution is -0.120. The van der Waals surface area contributed by atoms with E-state index in [1.165, 1.54) is 0 Å². The summed E-state index contributed by atoms with van der Waals surface area (Å²) in [4.78, 5) is 11.3. The highest BCUT2D eigenvalue weighted by Gasteiger charge is 2.56. The summed E-state index contributed by atoms with van der Waals surface area (Å²) in [7, 11) is -1.28. The zero-order valence-corrected chi connectivity index (χ0v) is 9.07. The van der Waals surface area contributed by atoms with Crippen molar-refractivity contribution < 1.29 is 9.36 Å². The summed E-state index contributed by atoms with van der Waals surface area (Å²) in [6.45, 7) is 7.68. The first-order valence-electron chi connectivity index (χ1n) is 4.25. The van der Waals surface area contributed by atoms with Gasteiger partial charge in [0.25, 0.3) is 0 Å². The number of rotatable bonds is 0. The van der Waals surface area contributed by atoms with Gasteiger partial charge in [-0.25, -0.2) is 0 Å². The predicted octanol–water partition coefficient (Wildman–Crippen LogP) is 2.73. The van der Waals surface area contributed by atoms with Gasteiger partial charge in [0.05, 0.1) is 12.8 Å². The van der Waals surface area contributed by atoms with E-state index in [0.717, 1.165) is 0 Å². The Bertz CT molecular complexity index is 219. The number of hydrogen-bond acceptors (Lipinski definition) is 2. The standard InChI is InChI=1S/C9H16O2P/c1-8(2)5-7(10)6-9(3,4)12(8)11/h5-6H2,1-4H3/q+1. The van der Waals surface area contributed by atoms with Crippen LogP contribution in [0.2, 0.25) is 0 Å². The molecule has 0 radical (unpaired) electrons. The van der Waals surface area contributed by atoms with Crippen molar-refractivity contribution in [3.05, 3.63) is 0 Å². The number of hydrogen-bond donors (Lipinski definition) is 0. The molecule has 0 N–H and O–H groups in total. The predicted molar refractivity (Wildman–Crippen MR) is 50.0 cm³/mol. The molecule has 0 aromatic heterocycles. The van der Waals surface area contributed by atoms with Gasteiger partial charge >= 0.3 is 7.80 Å². The van der Waals surface area contributed by atoms with Crippen LogP contribution in [0, 0.1) is 0 Å². The van der Waals surface area contributed by atoms with E-state index in [2.05, 4.69) is 0 Å². The molecule has 2 nitrogen and oxygen atoms in total. The fraction of sp³-hybridized carbons (Fsp3) is 0.889. The maximum atomic E-state index is 11.9. The Morgan fingerprint density at radius 2 is 1.42 bits per heavy atom. The summed E-state index contributed by atoms with van der Waals surface area (Å²) in [6, 6.07) is 0. The first kappa shape index (κ1) is 9.85. The van der Waals surface area contributed by atoms with E-state index >= 15 is 0 Å². The van der Waals surface area contributed by atoms with E-state index in [4.69, 9.17) is 0 Å². The summed E-state index contributed by atoms with van der Waals surface area (Å²) < 4.78 is 11.9. The molecule has 68 valence electrons. The number of carbonyl (C=O) groups excluding carboxylic acids is 1. The molecular formula is C9H16O2P+. The minimum absolute atomic E-state index is 0.250. The topological polar surface area (TPSA) is 34.1 Å². The van der Waals surface area contributed by atoms with Crippen LogP contribution in [0.4, 0.5) is 0 Å². The molecule has 0 atom stereocenters. The van der Waals surface area contributed by atoms with Crippen molar-refractivity contribution in [1.82, 2.24) is 0 Å². The Labute approximate surface area is 74.5 Å².